The van der Waals surface area contributed by atoms with Crippen molar-refractivity contribution >= 4 is 29.8 Å². The number of esters is 1. The molecule has 11 nitrogen and oxygen atoms in total. The number of anilines is 2. The molecule has 0 saturated carbocycles. The van der Waals surface area contributed by atoms with Crippen LogP contribution in [0.2, 0.25) is 0 Å². The van der Waals surface area contributed by atoms with Gasteiger partial charge in [0, 0.05) is 23.7 Å². The van der Waals surface area contributed by atoms with Crippen LogP contribution in [0, 0.1) is 0 Å². The zero-order valence-electron chi connectivity index (χ0n) is 22.6. The Labute approximate surface area is 231 Å². The molecule has 4 aromatic rings. The zero-order valence-corrected chi connectivity index (χ0v) is 22.6. The summed E-state index contributed by atoms with van der Waals surface area (Å²) in [5.74, 6) is 0.250. The number of hydrogen-bond acceptors (Lipinski definition) is 8. The van der Waals surface area contributed by atoms with Crippen molar-refractivity contribution in [3.8, 4) is 17.2 Å². The molecule has 206 valence electrons. The summed E-state index contributed by atoms with van der Waals surface area (Å²) in [7, 11) is 0. The van der Waals surface area contributed by atoms with E-state index in [2.05, 4.69) is 10.4 Å². The highest BCUT2D eigenvalue weighted by atomic mass is 16.5. The van der Waals surface area contributed by atoms with Gasteiger partial charge in [0.1, 0.15) is 17.2 Å². The number of hydrogen-bond donors (Lipinski definition) is 2. The summed E-state index contributed by atoms with van der Waals surface area (Å²) in [4.78, 5) is 39.9. The molecule has 0 spiro atoms. The first-order chi connectivity index (χ1) is 19.1. The lowest BCUT2D eigenvalue weighted by Gasteiger charge is -2.21. The fraction of sp³-hybridized carbons (Fsp3) is 0.207. The van der Waals surface area contributed by atoms with E-state index in [4.69, 9.17) is 20.3 Å². The molecular formula is C29H30N6O5. The summed E-state index contributed by atoms with van der Waals surface area (Å²) in [5, 5.41) is 6.06. The van der Waals surface area contributed by atoms with Crippen molar-refractivity contribution in [2.45, 2.75) is 33.1 Å². The molecule has 2 aromatic carbocycles. The number of aromatic nitrogens is 3. The van der Waals surface area contributed by atoms with Gasteiger partial charge in [0.15, 0.2) is 5.82 Å². The second kappa shape index (κ2) is 11.7. The van der Waals surface area contributed by atoms with Crippen LogP contribution in [0.1, 0.15) is 54.2 Å². The number of rotatable bonds is 10. The number of amides is 2. The molecule has 0 bridgehead atoms. The fourth-order valence-corrected chi connectivity index (χ4v) is 3.70. The van der Waals surface area contributed by atoms with Gasteiger partial charge in [-0.25, -0.2) is 14.5 Å². The first-order valence-electron chi connectivity index (χ1n) is 12.5. The topological polar surface area (TPSA) is 142 Å². The number of primary amides is 1. The van der Waals surface area contributed by atoms with Gasteiger partial charge in [0.25, 0.3) is 5.91 Å². The summed E-state index contributed by atoms with van der Waals surface area (Å²) in [6.45, 7) is 8.06. The van der Waals surface area contributed by atoms with E-state index >= 15 is 0 Å². The lowest BCUT2D eigenvalue weighted by atomic mass is 9.92. The van der Waals surface area contributed by atoms with Crippen molar-refractivity contribution in [1.82, 2.24) is 14.8 Å². The molecule has 0 radical (unpaired) electrons. The van der Waals surface area contributed by atoms with Crippen molar-refractivity contribution in [2.75, 3.05) is 17.0 Å². The van der Waals surface area contributed by atoms with Gasteiger partial charge < -0.3 is 15.2 Å². The van der Waals surface area contributed by atoms with Crippen molar-refractivity contribution in [3.63, 3.8) is 0 Å². The summed E-state index contributed by atoms with van der Waals surface area (Å²) >= 11 is 0. The Morgan fingerprint density at radius 1 is 1.05 bits per heavy atom. The number of pyridine rings is 1. The average molecular weight is 543 g/mol. The van der Waals surface area contributed by atoms with Crippen molar-refractivity contribution in [1.29, 1.82) is 0 Å². The third-order valence-electron chi connectivity index (χ3n) is 5.74. The number of nitrogens with zero attached hydrogens (tertiary/aromatic N) is 4. The summed E-state index contributed by atoms with van der Waals surface area (Å²) in [5.41, 5.74) is 10.4. The molecule has 0 atom stereocenters. The lowest BCUT2D eigenvalue weighted by molar-refractivity contribution is -0.107. The Bertz CT molecular complexity index is 1520. The Morgan fingerprint density at radius 3 is 2.45 bits per heavy atom. The first kappa shape index (κ1) is 27.8. The molecule has 11 heteroatoms. The van der Waals surface area contributed by atoms with Crippen molar-refractivity contribution in [2.24, 2.45) is 5.73 Å². The Hall–Kier alpha value is -5.19. The van der Waals surface area contributed by atoms with Gasteiger partial charge >= 0.3 is 5.97 Å². The Kier molecular flexibility index (Phi) is 8.13. The third kappa shape index (κ3) is 6.44. The molecule has 4 rings (SSSR count). The number of hydrazine groups is 1. The monoisotopic (exact) mass is 542 g/mol. The number of benzene rings is 2. The maximum Gasteiger partial charge on any atom is 0.338 e. The summed E-state index contributed by atoms with van der Waals surface area (Å²) < 4.78 is 12.5. The average Bonchev–Trinajstić information content (AvgIpc) is 3.39. The largest absolute Gasteiger partial charge is 0.462 e. The van der Waals surface area contributed by atoms with Crippen LogP contribution in [-0.2, 0) is 14.9 Å². The maximum absolute atomic E-state index is 12.3. The Morgan fingerprint density at radius 2 is 1.80 bits per heavy atom. The van der Waals surface area contributed by atoms with E-state index < -0.39 is 11.9 Å². The van der Waals surface area contributed by atoms with E-state index in [1.807, 2.05) is 26.8 Å². The lowest BCUT2D eigenvalue weighted by Crippen LogP contribution is -2.30. The predicted molar refractivity (Wildman–Crippen MR) is 150 cm³/mol. The van der Waals surface area contributed by atoms with E-state index in [1.165, 1.54) is 17.3 Å². The fourth-order valence-electron chi connectivity index (χ4n) is 3.70. The number of nitrogens with one attached hydrogen (secondary N) is 1. The van der Waals surface area contributed by atoms with Crippen LogP contribution < -0.4 is 20.9 Å². The highest BCUT2D eigenvalue weighted by molar-refractivity contribution is 5.91. The second-order valence-electron chi connectivity index (χ2n) is 9.78. The number of carbonyl (C=O) groups excluding carboxylic acids is 3. The minimum absolute atomic E-state index is 0.0939. The number of carbonyl (C=O) groups is 3. The van der Waals surface area contributed by atoms with Crippen LogP contribution in [0.4, 0.5) is 11.5 Å². The van der Waals surface area contributed by atoms with Crippen LogP contribution >= 0.6 is 0 Å². The second-order valence-corrected chi connectivity index (χ2v) is 9.78. The van der Waals surface area contributed by atoms with E-state index in [9.17, 15) is 14.4 Å². The minimum atomic E-state index is -0.652. The molecule has 3 N–H and O–H groups in total. The predicted octanol–water partition coefficient (Wildman–Crippen LogP) is 4.62. The third-order valence-corrected chi connectivity index (χ3v) is 5.74. The molecule has 0 aliphatic rings. The smallest absolute Gasteiger partial charge is 0.338 e. The molecule has 2 amide bonds. The number of nitrogens with two attached hydrogens (primary N) is 1. The van der Waals surface area contributed by atoms with Gasteiger partial charge in [0.2, 0.25) is 6.41 Å². The molecule has 0 unspecified atom stereocenters. The molecule has 0 aliphatic heterocycles. The molecule has 2 heterocycles. The van der Waals surface area contributed by atoms with Crippen LogP contribution in [0.25, 0.3) is 5.69 Å². The van der Waals surface area contributed by atoms with Crippen molar-refractivity contribution in [3.05, 3.63) is 89.9 Å². The molecule has 0 fully saturated rings. The van der Waals surface area contributed by atoms with Crippen LogP contribution in [-0.4, -0.2) is 39.7 Å². The van der Waals surface area contributed by atoms with Gasteiger partial charge in [-0.2, -0.15) is 5.10 Å². The SMILES string of the molecule is CCOC(=O)c1cccc(-n2nc(C(C)(C)C)cc2N(C=O)Nc2ccc(Oc3ccnc(C(N)=O)c3)cc2)c1. The minimum Gasteiger partial charge on any atom is -0.462 e. The maximum atomic E-state index is 12.3. The molecule has 40 heavy (non-hydrogen) atoms. The summed E-state index contributed by atoms with van der Waals surface area (Å²) in [6.07, 6.45) is 2.08. The molecular weight excluding hydrogens is 512 g/mol. The van der Waals surface area contributed by atoms with Gasteiger partial charge in [-0.05, 0) is 55.5 Å². The van der Waals surface area contributed by atoms with Gasteiger partial charge in [-0.15, -0.1) is 0 Å². The first-order valence-corrected chi connectivity index (χ1v) is 12.5. The zero-order chi connectivity index (χ0) is 28.9. The molecule has 0 saturated heterocycles. The normalized spacial score (nSPS) is 11.0. The van der Waals surface area contributed by atoms with E-state index in [-0.39, 0.29) is 17.7 Å². The molecule has 0 aliphatic carbocycles. The highest BCUT2D eigenvalue weighted by Crippen LogP contribution is 2.29. The highest BCUT2D eigenvalue weighted by Gasteiger charge is 2.24. The van der Waals surface area contributed by atoms with Crippen LogP contribution in [0.3, 0.4) is 0 Å². The van der Waals surface area contributed by atoms with Crippen LogP contribution in [0.5, 0.6) is 11.5 Å². The quantitative estimate of drug-likeness (QED) is 0.168. The van der Waals surface area contributed by atoms with E-state index in [0.717, 1.165) is 5.69 Å². The Balaban J connectivity index is 1.61. The van der Waals surface area contributed by atoms with Gasteiger partial charge in [0.05, 0.1) is 29.2 Å². The van der Waals surface area contributed by atoms with E-state index in [1.54, 1.807) is 66.2 Å². The van der Waals surface area contributed by atoms with Crippen molar-refractivity contribution < 1.29 is 23.9 Å². The van der Waals surface area contributed by atoms with E-state index in [0.29, 0.717) is 40.7 Å². The summed E-state index contributed by atoms with van der Waals surface area (Å²) in [6, 6.07) is 18.6. The number of ether oxygens (including phenoxy) is 2. The van der Waals surface area contributed by atoms with Gasteiger partial charge in [-0.3, -0.25) is 20.0 Å². The molecule has 2 aromatic heterocycles. The van der Waals surface area contributed by atoms with Gasteiger partial charge in [-0.1, -0.05) is 26.8 Å². The standard InChI is InChI=1S/C29H30N6O5/c1-5-39-28(38)19-7-6-8-21(15-19)35-26(17-25(33-35)29(2,3)4)34(18-36)32-20-9-11-22(12-10-20)40-23-13-14-31-24(16-23)27(30)37/h6-18,32H,5H2,1-4H3,(H2,30,37). The van der Waals surface area contributed by atoms with Crippen LogP contribution in [0.15, 0.2) is 72.9 Å².